The van der Waals surface area contributed by atoms with Crippen LogP contribution in [0, 0.1) is 18.6 Å². The van der Waals surface area contributed by atoms with Gasteiger partial charge in [0.15, 0.2) is 0 Å². The van der Waals surface area contributed by atoms with E-state index in [1.165, 1.54) is 24.4 Å². The van der Waals surface area contributed by atoms with Crippen LogP contribution < -0.4 is 11.2 Å². The van der Waals surface area contributed by atoms with Crippen LogP contribution in [-0.2, 0) is 16.8 Å². The minimum atomic E-state index is -1.15. The Bertz CT molecular complexity index is 971. The maximum Gasteiger partial charge on any atom is 0.254 e. The van der Waals surface area contributed by atoms with E-state index in [1.54, 1.807) is 36.7 Å². The van der Waals surface area contributed by atoms with Crippen LogP contribution in [0.25, 0.3) is 0 Å². The molecule has 0 saturated heterocycles. The van der Waals surface area contributed by atoms with Crippen molar-refractivity contribution in [3.63, 3.8) is 0 Å². The minimum absolute atomic E-state index is 0.183. The number of nitrogens with two attached hydrogens (primary N) is 1. The van der Waals surface area contributed by atoms with Gasteiger partial charge in [-0.1, -0.05) is 24.3 Å². The van der Waals surface area contributed by atoms with Crippen LogP contribution in [0.3, 0.4) is 0 Å². The molecule has 0 aromatic heterocycles. The summed E-state index contributed by atoms with van der Waals surface area (Å²) in [6, 6.07) is 10.7. The van der Waals surface area contributed by atoms with E-state index in [4.69, 9.17) is 5.73 Å². The van der Waals surface area contributed by atoms with E-state index in [-0.39, 0.29) is 12.2 Å². The largest absolute Gasteiger partial charge is 0.404 e. The first-order valence-electron chi connectivity index (χ1n) is 9.30. The van der Waals surface area contributed by atoms with Gasteiger partial charge in [-0.05, 0) is 72.8 Å². The summed E-state index contributed by atoms with van der Waals surface area (Å²) < 4.78 is 27.2. The maximum absolute atomic E-state index is 14.2. The molecule has 1 aliphatic carbocycles. The normalized spacial score (nSPS) is 22.1. The third-order valence-corrected chi connectivity index (χ3v) is 5.54. The van der Waals surface area contributed by atoms with E-state index < -0.39 is 17.1 Å². The van der Waals surface area contributed by atoms with Gasteiger partial charge in [-0.25, -0.2) is 14.3 Å². The van der Waals surface area contributed by atoms with Crippen LogP contribution in [0.2, 0.25) is 0 Å². The summed E-state index contributed by atoms with van der Waals surface area (Å²) >= 11 is 0. The number of halogens is 2. The molecule has 1 fully saturated rings. The number of allylic oxidation sites excluding steroid dienone is 1. The zero-order valence-corrected chi connectivity index (χ0v) is 16.1. The summed E-state index contributed by atoms with van der Waals surface area (Å²) in [6.07, 6.45) is 2.34. The molecule has 1 amide bonds. The molecule has 7 heteroatoms. The van der Waals surface area contributed by atoms with Crippen molar-refractivity contribution >= 4 is 11.6 Å². The van der Waals surface area contributed by atoms with Crippen LogP contribution in [0.5, 0.6) is 0 Å². The lowest BCUT2D eigenvalue weighted by Crippen LogP contribution is -2.47. The number of hydrogen-bond donors (Lipinski definition) is 3. The van der Waals surface area contributed by atoms with E-state index in [0.29, 0.717) is 36.1 Å². The molecule has 2 aromatic carbocycles. The molecule has 152 valence electrons. The van der Waals surface area contributed by atoms with Gasteiger partial charge >= 0.3 is 0 Å². The fraction of sp³-hybridized carbons (Fsp3) is 0.273. The van der Waals surface area contributed by atoms with Crippen LogP contribution in [-0.4, -0.2) is 16.8 Å². The summed E-state index contributed by atoms with van der Waals surface area (Å²) in [5.74, 6) is -1.34. The zero-order chi connectivity index (χ0) is 21.0. The Morgan fingerprint density at radius 2 is 2.00 bits per heavy atom. The average molecular weight is 399 g/mol. The first-order chi connectivity index (χ1) is 13.9. The number of carbonyl (C=O) groups is 1. The zero-order valence-electron chi connectivity index (χ0n) is 16.1. The summed E-state index contributed by atoms with van der Waals surface area (Å²) in [7, 11) is 0. The predicted octanol–water partition coefficient (Wildman–Crippen LogP) is 3.68. The third kappa shape index (κ3) is 4.05. The first-order valence-corrected chi connectivity index (χ1v) is 9.30. The van der Waals surface area contributed by atoms with Crippen LogP contribution in [0.15, 0.2) is 59.2 Å². The molecule has 0 heterocycles. The lowest BCUT2D eigenvalue weighted by Gasteiger charge is -2.38. The van der Waals surface area contributed by atoms with E-state index >= 15 is 0 Å². The molecule has 0 bridgehead atoms. The highest BCUT2D eigenvalue weighted by Gasteiger charge is 2.45. The van der Waals surface area contributed by atoms with Crippen molar-refractivity contribution in [3.8, 4) is 0 Å². The van der Waals surface area contributed by atoms with Gasteiger partial charge in [0.1, 0.15) is 11.6 Å². The molecule has 0 spiro atoms. The Balaban J connectivity index is 1.94. The molecule has 1 unspecified atom stereocenters. The predicted molar refractivity (Wildman–Crippen MR) is 106 cm³/mol. The van der Waals surface area contributed by atoms with Gasteiger partial charge in [-0.15, -0.1) is 0 Å². The van der Waals surface area contributed by atoms with Crippen molar-refractivity contribution in [2.45, 2.75) is 38.1 Å². The topological polar surface area (TPSA) is 87.7 Å². The fourth-order valence-corrected chi connectivity index (χ4v) is 3.90. The number of amides is 1. The molecule has 1 saturated carbocycles. The van der Waals surface area contributed by atoms with Crippen LogP contribution >= 0.6 is 0 Å². The van der Waals surface area contributed by atoms with Gasteiger partial charge in [0.25, 0.3) is 5.91 Å². The average Bonchev–Trinajstić information content (AvgIpc) is 2.74. The highest BCUT2D eigenvalue weighted by molar-refractivity contribution is 6.04. The van der Waals surface area contributed by atoms with Crippen molar-refractivity contribution in [1.29, 1.82) is 0 Å². The number of hydrogen-bond acceptors (Lipinski definition) is 4. The highest BCUT2D eigenvalue weighted by Crippen LogP contribution is 2.42. The van der Waals surface area contributed by atoms with Gasteiger partial charge in [-0.3, -0.25) is 15.0 Å². The molecular weight excluding hydrogens is 376 g/mol. The maximum atomic E-state index is 14.2. The van der Waals surface area contributed by atoms with E-state index in [2.05, 4.69) is 4.99 Å². The SMILES string of the molecule is Cc1c(F)cccc1C1(C(=O)NO)CCC(=NCc2ccc(F)cc2)C(=CN)C1. The van der Waals surface area contributed by atoms with Crippen molar-refractivity contribution in [1.82, 2.24) is 5.48 Å². The summed E-state index contributed by atoms with van der Waals surface area (Å²) in [6.45, 7) is 1.96. The lowest BCUT2D eigenvalue weighted by molar-refractivity contribution is -0.135. The molecule has 0 aliphatic heterocycles. The van der Waals surface area contributed by atoms with Gasteiger partial charge in [0.05, 0.1) is 12.0 Å². The van der Waals surface area contributed by atoms with Gasteiger partial charge < -0.3 is 5.73 Å². The summed E-state index contributed by atoms with van der Waals surface area (Å²) in [4.78, 5) is 17.3. The monoisotopic (exact) mass is 399 g/mol. The van der Waals surface area contributed by atoms with Crippen LogP contribution in [0.4, 0.5) is 8.78 Å². The second-order valence-electron chi connectivity index (χ2n) is 7.19. The van der Waals surface area contributed by atoms with E-state index in [9.17, 15) is 18.8 Å². The quantitative estimate of drug-likeness (QED) is 0.541. The number of hydroxylamine groups is 1. The summed E-state index contributed by atoms with van der Waals surface area (Å²) in [5, 5.41) is 9.37. The molecule has 3 rings (SSSR count). The van der Waals surface area contributed by atoms with Gasteiger partial charge in [0.2, 0.25) is 0 Å². The van der Waals surface area contributed by atoms with Crippen molar-refractivity contribution < 1.29 is 18.8 Å². The third-order valence-electron chi connectivity index (χ3n) is 5.54. The molecule has 4 N–H and O–H groups in total. The fourth-order valence-electron chi connectivity index (χ4n) is 3.90. The smallest absolute Gasteiger partial charge is 0.254 e. The van der Waals surface area contributed by atoms with Gasteiger partial charge in [-0.2, -0.15) is 0 Å². The number of benzene rings is 2. The standard InChI is InChI=1S/C22H23F2N3O2/c1-14-18(3-2-4-19(14)24)22(21(28)27-29)10-9-20(16(11-22)12-25)26-13-15-5-7-17(23)8-6-15/h2-8,12,29H,9-11,13,25H2,1H3,(H,27,28). The Kier molecular flexibility index (Phi) is 6.08. The Hall–Kier alpha value is -3.06. The molecule has 1 aliphatic rings. The number of carbonyl (C=O) groups excluding carboxylic acids is 1. The van der Waals surface area contributed by atoms with Crippen molar-refractivity contribution in [2.24, 2.45) is 10.7 Å². The molecule has 5 nitrogen and oxygen atoms in total. The van der Waals surface area contributed by atoms with Crippen molar-refractivity contribution in [2.75, 3.05) is 0 Å². The molecule has 2 aromatic rings. The second kappa shape index (κ2) is 8.53. The highest BCUT2D eigenvalue weighted by atomic mass is 19.1. The summed E-state index contributed by atoms with van der Waals surface area (Å²) in [5.41, 5.74) is 9.54. The minimum Gasteiger partial charge on any atom is -0.404 e. The van der Waals surface area contributed by atoms with Crippen LogP contribution in [0.1, 0.15) is 36.0 Å². The first kappa shape index (κ1) is 20.7. The lowest BCUT2D eigenvalue weighted by atomic mass is 9.65. The Labute approximate surface area is 167 Å². The molecule has 0 radical (unpaired) electrons. The Morgan fingerprint density at radius 3 is 2.66 bits per heavy atom. The number of nitrogens with zero attached hydrogens (tertiary/aromatic N) is 1. The molecular formula is C22H23F2N3O2. The Morgan fingerprint density at radius 1 is 1.28 bits per heavy atom. The van der Waals surface area contributed by atoms with Crippen molar-refractivity contribution in [3.05, 3.63) is 82.6 Å². The number of nitrogens with one attached hydrogen (secondary N) is 1. The molecule has 1 atom stereocenters. The number of rotatable bonds is 4. The number of aliphatic imine (C=N–C) groups is 1. The van der Waals surface area contributed by atoms with Gasteiger partial charge in [0, 0.05) is 5.71 Å². The second-order valence-corrected chi connectivity index (χ2v) is 7.19. The molecule has 29 heavy (non-hydrogen) atoms. The van der Waals surface area contributed by atoms with E-state index in [1.807, 2.05) is 0 Å². The van der Waals surface area contributed by atoms with E-state index in [0.717, 1.165) is 11.3 Å².